The van der Waals surface area contributed by atoms with Crippen LogP contribution in [0, 0.1) is 5.92 Å². The van der Waals surface area contributed by atoms with Crippen LogP contribution in [-0.4, -0.2) is 22.5 Å². The van der Waals surface area contributed by atoms with Gasteiger partial charge in [-0.3, -0.25) is 9.59 Å². The maximum Gasteiger partial charge on any atom is 0.305 e. The largest absolute Gasteiger partial charge is 0.481 e. The Labute approximate surface area is 91.1 Å². The van der Waals surface area contributed by atoms with E-state index in [1.807, 2.05) is 13.8 Å². The monoisotopic (exact) mass is 215 g/mol. The molecular formula is C11H21NO3. The molecule has 2 N–H and O–H groups in total. The van der Waals surface area contributed by atoms with Crippen LogP contribution in [0.2, 0.25) is 0 Å². The van der Waals surface area contributed by atoms with E-state index in [-0.39, 0.29) is 18.2 Å². The van der Waals surface area contributed by atoms with Crippen LogP contribution in [0.1, 0.15) is 47.0 Å². The minimum atomic E-state index is -0.898. The van der Waals surface area contributed by atoms with E-state index in [0.29, 0.717) is 0 Å². The molecule has 1 amide bonds. The smallest absolute Gasteiger partial charge is 0.305 e. The minimum absolute atomic E-state index is 0.0157. The van der Waals surface area contributed by atoms with Crippen molar-refractivity contribution in [1.29, 1.82) is 0 Å². The molecule has 0 rings (SSSR count). The van der Waals surface area contributed by atoms with Crippen LogP contribution >= 0.6 is 0 Å². The van der Waals surface area contributed by atoms with Crippen LogP contribution < -0.4 is 5.32 Å². The summed E-state index contributed by atoms with van der Waals surface area (Å²) in [6, 6.07) is 0. The molecule has 0 fully saturated rings. The van der Waals surface area contributed by atoms with Gasteiger partial charge in [0.2, 0.25) is 5.91 Å². The zero-order chi connectivity index (χ0) is 12.1. The van der Waals surface area contributed by atoms with Crippen LogP contribution in [0.25, 0.3) is 0 Å². The minimum Gasteiger partial charge on any atom is -0.481 e. The Morgan fingerprint density at radius 3 is 2.07 bits per heavy atom. The second kappa shape index (κ2) is 5.73. The van der Waals surface area contributed by atoms with E-state index in [1.165, 1.54) is 0 Å². The van der Waals surface area contributed by atoms with Gasteiger partial charge < -0.3 is 10.4 Å². The average Bonchev–Trinajstić information content (AvgIpc) is 2.02. The van der Waals surface area contributed by atoms with Crippen molar-refractivity contribution in [3.63, 3.8) is 0 Å². The molecule has 0 aliphatic heterocycles. The molecule has 0 atom stereocenters. The molecule has 88 valence electrons. The van der Waals surface area contributed by atoms with Gasteiger partial charge in [0.1, 0.15) is 0 Å². The Morgan fingerprint density at radius 2 is 1.73 bits per heavy atom. The molecule has 0 aliphatic rings. The summed E-state index contributed by atoms with van der Waals surface area (Å²) in [6.45, 7) is 7.36. The molecule has 4 heteroatoms. The van der Waals surface area contributed by atoms with Gasteiger partial charge in [0, 0.05) is 11.5 Å². The average molecular weight is 215 g/mol. The molecule has 0 aromatic carbocycles. The number of rotatable bonds is 6. The first-order valence-corrected chi connectivity index (χ1v) is 5.36. The number of hydrogen-bond donors (Lipinski definition) is 2. The number of carbonyl (C=O) groups is 2. The molecule has 0 aromatic rings. The molecule has 0 radical (unpaired) electrons. The van der Waals surface area contributed by atoms with Crippen LogP contribution in [0.3, 0.4) is 0 Å². The lowest BCUT2D eigenvalue weighted by Gasteiger charge is -2.26. The van der Waals surface area contributed by atoms with Crippen molar-refractivity contribution in [2.75, 3.05) is 0 Å². The number of carboxylic acid groups (broad SMARTS) is 1. The van der Waals surface area contributed by atoms with Gasteiger partial charge in [-0.2, -0.15) is 0 Å². The predicted molar refractivity (Wildman–Crippen MR) is 58.5 cm³/mol. The second-order valence-corrected chi connectivity index (χ2v) is 4.46. The lowest BCUT2D eigenvalue weighted by molar-refractivity contribution is -0.139. The molecule has 0 saturated carbocycles. The van der Waals surface area contributed by atoms with Gasteiger partial charge in [0.15, 0.2) is 0 Å². The van der Waals surface area contributed by atoms with Crippen molar-refractivity contribution in [3.05, 3.63) is 0 Å². The highest BCUT2D eigenvalue weighted by Crippen LogP contribution is 2.13. The van der Waals surface area contributed by atoms with Gasteiger partial charge in [-0.1, -0.05) is 13.8 Å². The molecule has 0 saturated heterocycles. The first-order valence-electron chi connectivity index (χ1n) is 5.36. The molecule has 0 heterocycles. The highest BCUT2D eigenvalue weighted by atomic mass is 16.4. The quantitative estimate of drug-likeness (QED) is 0.710. The van der Waals surface area contributed by atoms with Gasteiger partial charge in [0.05, 0.1) is 6.42 Å². The van der Waals surface area contributed by atoms with Crippen molar-refractivity contribution in [3.8, 4) is 0 Å². The van der Waals surface area contributed by atoms with Gasteiger partial charge in [-0.05, 0) is 26.7 Å². The number of carboxylic acids is 1. The van der Waals surface area contributed by atoms with Crippen LogP contribution in [0.5, 0.6) is 0 Å². The number of aliphatic carboxylic acids is 1. The van der Waals surface area contributed by atoms with E-state index in [0.717, 1.165) is 12.8 Å². The highest BCUT2D eigenvalue weighted by molar-refractivity contribution is 5.80. The summed E-state index contributed by atoms with van der Waals surface area (Å²) in [7, 11) is 0. The number of amides is 1. The van der Waals surface area contributed by atoms with Gasteiger partial charge in [0.25, 0.3) is 0 Å². The molecule has 15 heavy (non-hydrogen) atoms. The maximum absolute atomic E-state index is 11.7. The summed E-state index contributed by atoms with van der Waals surface area (Å²) in [5.74, 6) is -0.964. The van der Waals surface area contributed by atoms with E-state index >= 15 is 0 Å². The number of carbonyl (C=O) groups excluding carboxylic acids is 1. The molecular weight excluding hydrogens is 194 g/mol. The van der Waals surface area contributed by atoms with Crippen molar-refractivity contribution < 1.29 is 14.7 Å². The Bertz CT molecular complexity index is 232. The van der Waals surface area contributed by atoms with E-state index < -0.39 is 11.5 Å². The van der Waals surface area contributed by atoms with E-state index in [2.05, 4.69) is 5.32 Å². The van der Waals surface area contributed by atoms with Crippen molar-refractivity contribution in [2.24, 2.45) is 5.92 Å². The van der Waals surface area contributed by atoms with Crippen molar-refractivity contribution in [2.45, 2.75) is 52.5 Å². The Kier molecular flexibility index (Phi) is 5.33. The normalized spacial score (nSPS) is 11.5. The SMILES string of the molecule is CCC(CC)C(=O)NC(C)(C)CC(=O)O. The topological polar surface area (TPSA) is 66.4 Å². The third-order valence-electron chi connectivity index (χ3n) is 2.41. The first kappa shape index (κ1) is 13.9. The highest BCUT2D eigenvalue weighted by Gasteiger charge is 2.26. The molecule has 0 unspecified atom stereocenters. The van der Waals surface area contributed by atoms with E-state index in [4.69, 9.17) is 5.11 Å². The van der Waals surface area contributed by atoms with Crippen LogP contribution in [0.15, 0.2) is 0 Å². The molecule has 0 aliphatic carbocycles. The molecule has 4 nitrogen and oxygen atoms in total. The first-order chi connectivity index (χ1) is 6.82. The summed E-state index contributed by atoms with van der Waals surface area (Å²) < 4.78 is 0. The standard InChI is InChI=1S/C11H21NO3/c1-5-8(6-2)10(15)12-11(3,4)7-9(13)14/h8H,5-7H2,1-4H3,(H,12,15)(H,13,14). The fourth-order valence-electron chi connectivity index (χ4n) is 1.52. The summed E-state index contributed by atoms with van der Waals surface area (Å²) in [5, 5.41) is 11.4. The Morgan fingerprint density at radius 1 is 1.27 bits per heavy atom. The van der Waals surface area contributed by atoms with E-state index in [1.54, 1.807) is 13.8 Å². The Hall–Kier alpha value is -1.06. The van der Waals surface area contributed by atoms with Crippen molar-refractivity contribution in [1.82, 2.24) is 5.32 Å². The summed E-state index contributed by atoms with van der Waals surface area (Å²) in [4.78, 5) is 22.3. The Balaban J connectivity index is 4.31. The van der Waals surface area contributed by atoms with Gasteiger partial charge in [-0.25, -0.2) is 0 Å². The fraction of sp³-hybridized carbons (Fsp3) is 0.818. The summed E-state index contributed by atoms with van der Waals surface area (Å²) in [6.07, 6.45) is 1.51. The third kappa shape index (κ3) is 5.40. The van der Waals surface area contributed by atoms with Gasteiger partial charge >= 0.3 is 5.97 Å². The summed E-state index contributed by atoms with van der Waals surface area (Å²) >= 11 is 0. The van der Waals surface area contributed by atoms with Crippen LogP contribution in [0.4, 0.5) is 0 Å². The fourth-order valence-corrected chi connectivity index (χ4v) is 1.52. The van der Waals surface area contributed by atoms with Crippen LogP contribution in [-0.2, 0) is 9.59 Å². The van der Waals surface area contributed by atoms with Crippen molar-refractivity contribution >= 4 is 11.9 Å². The zero-order valence-corrected chi connectivity index (χ0v) is 9.96. The molecule has 0 aromatic heterocycles. The second-order valence-electron chi connectivity index (χ2n) is 4.46. The third-order valence-corrected chi connectivity index (χ3v) is 2.41. The molecule has 0 bridgehead atoms. The number of nitrogens with one attached hydrogen (secondary N) is 1. The maximum atomic E-state index is 11.7. The summed E-state index contributed by atoms with van der Waals surface area (Å²) in [5.41, 5.74) is -0.675. The number of hydrogen-bond acceptors (Lipinski definition) is 2. The van der Waals surface area contributed by atoms with E-state index in [9.17, 15) is 9.59 Å². The van der Waals surface area contributed by atoms with Gasteiger partial charge in [-0.15, -0.1) is 0 Å². The lowest BCUT2D eigenvalue weighted by Crippen LogP contribution is -2.47. The lowest BCUT2D eigenvalue weighted by atomic mass is 9.97. The zero-order valence-electron chi connectivity index (χ0n) is 9.96. The molecule has 0 spiro atoms. The predicted octanol–water partition coefficient (Wildman–Crippen LogP) is 1.79.